The molecule has 0 atom stereocenters. The molecule has 0 aliphatic heterocycles. The van der Waals surface area contributed by atoms with E-state index in [1.54, 1.807) is 0 Å². The molecule has 23 heavy (non-hydrogen) atoms. The average molecular weight is 314 g/mol. The Morgan fingerprint density at radius 1 is 1.13 bits per heavy atom. The molecular weight excluding hydrogens is 292 g/mol. The van der Waals surface area contributed by atoms with Crippen molar-refractivity contribution in [2.45, 2.75) is 19.3 Å². The Bertz CT molecular complexity index is 691. The van der Waals surface area contributed by atoms with Crippen molar-refractivity contribution in [3.8, 4) is 0 Å². The maximum absolute atomic E-state index is 11.7. The molecule has 2 aromatic rings. The van der Waals surface area contributed by atoms with Gasteiger partial charge in [0.2, 0.25) is 5.91 Å². The molecule has 1 aliphatic rings. The van der Waals surface area contributed by atoms with Crippen LogP contribution in [0.3, 0.4) is 0 Å². The first-order chi connectivity index (χ1) is 11.2. The highest BCUT2D eigenvalue weighted by atomic mass is 16.2. The molecule has 0 bridgehead atoms. The van der Waals surface area contributed by atoms with Gasteiger partial charge < -0.3 is 20.9 Å². The van der Waals surface area contributed by atoms with E-state index < -0.39 is 0 Å². The quantitative estimate of drug-likeness (QED) is 0.625. The fraction of sp³-hybridized carbons (Fsp3) is 0.412. The van der Waals surface area contributed by atoms with Gasteiger partial charge in [0.25, 0.3) is 0 Å². The summed E-state index contributed by atoms with van der Waals surface area (Å²) in [5.74, 6) is 0.507. The lowest BCUT2D eigenvalue weighted by Crippen LogP contribution is -2.42. The van der Waals surface area contributed by atoms with E-state index in [0.717, 1.165) is 18.5 Å². The van der Waals surface area contributed by atoms with Gasteiger partial charge >= 0.3 is 6.03 Å². The molecular formula is C17H22N4O2. The zero-order valence-electron chi connectivity index (χ0n) is 13.0. The largest absolute Gasteiger partial charge is 0.361 e. The topological polar surface area (TPSA) is 86.0 Å². The van der Waals surface area contributed by atoms with Gasteiger partial charge in [0.1, 0.15) is 0 Å². The average Bonchev–Trinajstić information content (AvgIpc) is 3.31. The van der Waals surface area contributed by atoms with Crippen LogP contribution in [0.25, 0.3) is 10.9 Å². The number of amides is 3. The van der Waals surface area contributed by atoms with Crippen molar-refractivity contribution in [1.29, 1.82) is 0 Å². The van der Waals surface area contributed by atoms with Gasteiger partial charge in [-0.25, -0.2) is 4.79 Å². The summed E-state index contributed by atoms with van der Waals surface area (Å²) >= 11 is 0. The van der Waals surface area contributed by atoms with Crippen molar-refractivity contribution in [3.05, 3.63) is 36.0 Å². The lowest BCUT2D eigenvalue weighted by Gasteiger charge is -2.08. The summed E-state index contributed by atoms with van der Waals surface area (Å²) in [5.41, 5.74) is 2.27. The van der Waals surface area contributed by atoms with Gasteiger partial charge in [-0.2, -0.15) is 0 Å². The Balaban J connectivity index is 1.34. The molecule has 4 N–H and O–H groups in total. The first-order valence-corrected chi connectivity index (χ1v) is 8.06. The predicted molar refractivity (Wildman–Crippen MR) is 89.1 cm³/mol. The number of para-hydroxylation sites is 1. The third kappa shape index (κ3) is 4.48. The normalized spacial score (nSPS) is 13.7. The Labute approximate surface area is 135 Å². The number of H-pyrrole nitrogens is 1. The SMILES string of the molecule is O=C(CNC(=O)NCCc1c[nH]c2ccccc12)NCC1CC1. The fourth-order valence-electron chi connectivity index (χ4n) is 2.51. The number of urea groups is 1. The number of nitrogens with one attached hydrogen (secondary N) is 4. The third-order valence-corrected chi connectivity index (χ3v) is 4.05. The second-order valence-electron chi connectivity index (χ2n) is 5.97. The van der Waals surface area contributed by atoms with E-state index in [4.69, 9.17) is 0 Å². The fourth-order valence-corrected chi connectivity index (χ4v) is 2.51. The number of aromatic nitrogens is 1. The summed E-state index contributed by atoms with van der Waals surface area (Å²) in [6.07, 6.45) is 5.10. The molecule has 122 valence electrons. The number of benzene rings is 1. The van der Waals surface area contributed by atoms with E-state index in [9.17, 15) is 9.59 Å². The van der Waals surface area contributed by atoms with Crippen molar-refractivity contribution in [3.63, 3.8) is 0 Å². The van der Waals surface area contributed by atoms with Gasteiger partial charge in [-0.05, 0) is 36.8 Å². The summed E-state index contributed by atoms with van der Waals surface area (Å²) in [6.45, 7) is 1.27. The summed E-state index contributed by atoms with van der Waals surface area (Å²) in [6, 6.07) is 7.76. The molecule has 3 amide bonds. The first-order valence-electron chi connectivity index (χ1n) is 8.06. The molecule has 1 aliphatic carbocycles. The monoisotopic (exact) mass is 314 g/mol. The van der Waals surface area contributed by atoms with E-state index in [1.165, 1.54) is 23.8 Å². The number of carbonyl (C=O) groups excluding carboxylic acids is 2. The van der Waals surface area contributed by atoms with Crippen LogP contribution in [0.15, 0.2) is 30.5 Å². The summed E-state index contributed by atoms with van der Waals surface area (Å²) < 4.78 is 0. The second kappa shape index (κ2) is 7.17. The number of hydrogen-bond acceptors (Lipinski definition) is 2. The van der Waals surface area contributed by atoms with Crippen molar-refractivity contribution < 1.29 is 9.59 Å². The van der Waals surface area contributed by atoms with Gasteiger partial charge in [-0.3, -0.25) is 4.79 Å². The van der Waals surface area contributed by atoms with Gasteiger partial charge in [-0.15, -0.1) is 0 Å². The molecule has 1 aromatic carbocycles. The standard InChI is InChI=1S/C17H22N4O2/c22-16(20-9-12-5-6-12)11-21-17(23)18-8-7-13-10-19-15-4-2-1-3-14(13)15/h1-4,10,12,19H,5-9,11H2,(H,20,22)(H2,18,21,23). The Hall–Kier alpha value is -2.50. The zero-order valence-corrected chi connectivity index (χ0v) is 13.0. The maximum Gasteiger partial charge on any atom is 0.315 e. The molecule has 6 nitrogen and oxygen atoms in total. The Kier molecular flexibility index (Phi) is 4.80. The van der Waals surface area contributed by atoms with Crippen LogP contribution in [-0.2, 0) is 11.2 Å². The van der Waals surface area contributed by atoms with E-state index >= 15 is 0 Å². The Morgan fingerprint density at radius 3 is 2.78 bits per heavy atom. The second-order valence-corrected chi connectivity index (χ2v) is 5.97. The number of fused-ring (bicyclic) bond motifs is 1. The minimum atomic E-state index is -0.314. The van der Waals surface area contributed by atoms with Crippen molar-refractivity contribution >= 4 is 22.8 Å². The van der Waals surface area contributed by atoms with Crippen molar-refractivity contribution in [2.75, 3.05) is 19.6 Å². The predicted octanol–water partition coefficient (Wildman–Crippen LogP) is 1.54. The van der Waals surface area contributed by atoms with E-state index in [1.807, 2.05) is 24.4 Å². The highest BCUT2D eigenvalue weighted by Crippen LogP contribution is 2.27. The molecule has 1 aromatic heterocycles. The molecule has 0 unspecified atom stereocenters. The van der Waals surface area contributed by atoms with Gasteiger partial charge in [0.15, 0.2) is 0 Å². The minimum Gasteiger partial charge on any atom is -0.361 e. The highest BCUT2D eigenvalue weighted by Gasteiger charge is 2.21. The lowest BCUT2D eigenvalue weighted by atomic mass is 10.1. The van der Waals surface area contributed by atoms with Crippen LogP contribution in [0.4, 0.5) is 4.79 Å². The summed E-state index contributed by atoms with van der Waals surface area (Å²) in [4.78, 5) is 26.4. The molecule has 1 fully saturated rings. The van der Waals surface area contributed by atoms with Gasteiger partial charge in [-0.1, -0.05) is 18.2 Å². The Morgan fingerprint density at radius 2 is 1.96 bits per heavy atom. The number of hydrogen-bond donors (Lipinski definition) is 4. The number of carbonyl (C=O) groups is 2. The molecule has 1 saturated carbocycles. The van der Waals surface area contributed by atoms with Crippen LogP contribution in [0.1, 0.15) is 18.4 Å². The smallest absolute Gasteiger partial charge is 0.315 e. The highest BCUT2D eigenvalue weighted by molar-refractivity contribution is 5.84. The van der Waals surface area contributed by atoms with Crippen molar-refractivity contribution in [2.24, 2.45) is 5.92 Å². The van der Waals surface area contributed by atoms with Crippen LogP contribution in [0.5, 0.6) is 0 Å². The lowest BCUT2D eigenvalue weighted by molar-refractivity contribution is -0.120. The third-order valence-electron chi connectivity index (χ3n) is 4.05. The van der Waals surface area contributed by atoms with Crippen LogP contribution in [-0.4, -0.2) is 36.6 Å². The van der Waals surface area contributed by atoms with E-state index in [0.29, 0.717) is 12.5 Å². The number of aromatic amines is 1. The zero-order chi connectivity index (χ0) is 16.1. The molecule has 6 heteroatoms. The summed E-state index contributed by atoms with van der Waals surface area (Å²) in [7, 11) is 0. The molecule has 0 radical (unpaired) electrons. The van der Waals surface area contributed by atoms with Crippen LogP contribution in [0, 0.1) is 5.92 Å². The van der Waals surface area contributed by atoms with Gasteiger partial charge in [0, 0.05) is 30.2 Å². The maximum atomic E-state index is 11.7. The first kappa shape index (κ1) is 15.4. The minimum absolute atomic E-state index is 0.0195. The van der Waals surface area contributed by atoms with E-state index in [2.05, 4.69) is 27.0 Å². The molecule has 0 saturated heterocycles. The van der Waals surface area contributed by atoms with Crippen molar-refractivity contribution in [1.82, 2.24) is 20.9 Å². The van der Waals surface area contributed by atoms with Gasteiger partial charge in [0.05, 0.1) is 6.54 Å². The molecule has 1 heterocycles. The van der Waals surface area contributed by atoms with Crippen LogP contribution >= 0.6 is 0 Å². The summed E-state index contributed by atoms with van der Waals surface area (Å²) in [5, 5.41) is 9.34. The van der Waals surface area contributed by atoms with E-state index in [-0.39, 0.29) is 18.5 Å². The molecule has 0 spiro atoms. The van der Waals surface area contributed by atoms with Crippen LogP contribution in [0.2, 0.25) is 0 Å². The number of rotatable bonds is 7. The van der Waals surface area contributed by atoms with Crippen LogP contribution < -0.4 is 16.0 Å². The molecule has 3 rings (SSSR count).